The standard InChI is InChI=1S/C20H29N3OS/c1-16-5-4-10-23(12-16)20(2,3)15-22-19(24)14-25-13-18-8-6-17(11-21)7-9-18/h6-9,16H,4-5,10,12-15H2,1-3H3,(H,22,24). The Hall–Kier alpha value is -1.51. The van der Waals surface area contributed by atoms with Crippen molar-refractivity contribution >= 4 is 17.7 Å². The van der Waals surface area contributed by atoms with Crippen LogP contribution in [0, 0.1) is 17.2 Å². The fraction of sp³-hybridized carbons (Fsp3) is 0.600. The molecule has 136 valence electrons. The smallest absolute Gasteiger partial charge is 0.230 e. The number of hydrogen-bond acceptors (Lipinski definition) is 4. The first kappa shape index (κ1) is 19.8. The molecule has 0 aromatic heterocycles. The SMILES string of the molecule is CC1CCCN(C(C)(C)CNC(=O)CSCc2ccc(C#N)cc2)C1. The van der Waals surface area contributed by atoms with Crippen LogP contribution in [-0.4, -0.2) is 41.7 Å². The molecule has 1 aromatic carbocycles. The summed E-state index contributed by atoms with van der Waals surface area (Å²) < 4.78 is 0. The third-order valence-corrected chi connectivity index (χ3v) is 5.82. The predicted molar refractivity (Wildman–Crippen MR) is 104 cm³/mol. The highest BCUT2D eigenvalue weighted by atomic mass is 32.2. The van der Waals surface area contributed by atoms with Crippen molar-refractivity contribution in [3.05, 3.63) is 35.4 Å². The third kappa shape index (κ3) is 6.37. The quantitative estimate of drug-likeness (QED) is 0.810. The highest BCUT2D eigenvalue weighted by molar-refractivity contribution is 7.99. The molecule has 25 heavy (non-hydrogen) atoms. The summed E-state index contributed by atoms with van der Waals surface area (Å²) in [6.07, 6.45) is 2.56. The van der Waals surface area contributed by atoms with Crippen LogP contribution in [0.25, 0.3) is 0 Å². The van der Waals surface area contributed by atoms with Crippen LogP contribution in [-0.2, 0) is 10.5 Å². The van der Waals surface area contributed by atoms with Gasteiger partial charge in [0.05, 0.1) is 17.4 Å². The van der Waals surface area contributed by atoms with Crippen LogP contribution in [0.2, 0.25) is 0 Å². The van der Waals surface area contributed by atoms with Gasteiger partial charge in [-0.15, -0.1) is 11.8 Å². The van der Waals surface area contributed by atoms with Crippen molar-refractivity contribution in [1.82, 2.24) is 10.2 Å². The number of likely N-dealkylation sites (tertiary alicyclic amines) is 1. The summed E-state index contributed by atoms with van der Waals surface area (Å²) in [6, 6.07) is 9.65. The van der Waals surface area contributed by atoms with Gasteiger partial charge in [-0.25, -0.2) is 0 Å². The number of nitrogens with zero attached hydrogens (tertiary/aromatic N) is 2. The number of piperidine rings is 1. The van der Waals surface area contributed by atoms with Crippen molar-refractivity contribution in [2.75, 3.05) is 25.4 Å². The zero-order chi connectivity index (χ0) is 18.3. The Morgan fingerprint density at radius 3 is 2.76 bits per heavy atom. The van der Waals surface area contributed by atoms with Crippen LogP contribution in [0.15, 0.2) is 24.3 Å². The minimum absolute atomic E-state index is 0.00212. The van der Waals surface area contributed by atoms with Crippen molar-refractivity contribution in [2.45, 2.75) is 44.9 Å². The molecule has 0 aliphatic carbocycles. The lowest BCUT2D eigenvalue weighted by Crippen LogP contribution is -2.54. The van der Waals surface area contributed by atoms with E-state index in [1.165, 1.54) is 12.8 Å². The zero-order valence-corrected chi connectivity index (χ0v) is 16.4. The van der Waals surface area contributed by atoms with Crippen LogP contribution in [0.1, 0.15) is 44.7 Å². The summed E-state index contributed by atoms with van der Waals surface area (Å²) >= 11 is 1.61. The normalized spacial score (nSPS) is 18.6. The maximum atomic E-state index is 12.1. The van der Waals surface area contributed by atoms with E-state index in [1.54, 1.807) is 11.8 Å². The molecule has 1 aromatic rings. The molecular weight excluding hydrogens is 330 g/mol. The molecule has 2 rings (SSSR count). The average molecular weight is 360 g/mol. The molecule has 5 heteroatoms. The Labute approximate surface area is 156 Å². The molecule has 4 nitrogen and oxygen atoms in total. The minimum atomic E-state index is 0.00212. The van der Waals surface area contributed by atoms with E-state index in [-0.39, 0.29) is 11.4 Å². The van der Waals surface area contributed by atoms with E-state index in [2.05, 4.69) is 37.1 Å². The van der Waals surface area contributed by atoms with Gasteiger partial charge < -0.3 is 5.32 Å². The van der Waals surface area contributed by atoms with Gasteiger partial charge in [0, 0.05) is 24.4 Å². The molecule has 1 saturated heterocycles. The molecule has 1 fully saturated rings. The second-order valence-electron chi connectivity index (χ2n) is 7.58. The largest absolute Gasteiger partial charge is 0.354 e. The lowest BCUT2D eigenvalue weighted by molar-refractivity contribution is -0.119. The van der Waals surface area contributed by atoms with E-state index >= 15 is 0 Å². The summed E-state index contributed by atoms with van der Waals surface area (Å²) in [4.78, 5) is 14.6. The average Bonchev–Trinajstić information content (AvgIpc) is 2.61. The van der Waals surface area contributed by atoms with Gasteiger partial charge in [-0.2, -0.15) is 5.26 Å². The number of carbonyl (C=O) groups excluding carboxylic acids is 1. The Morgan fingerprint density at radius 1 is 1.40 bits per heavy atom. The van der Waals surface area contributed by atoms with Crippen LogP contribution in [0.5, 0.6) is 0 Å². The summed E-state index contributed by atoms with van der Waals surface area (Å²) in [7, 11) is 0. The Morgan fingerprint density at radius 2 is 2.12 bits per heavy atom. The van der Waals surface area contributed by atoms with Gasteiger partial charge in [0.1, 0.15) is 0 Å². The molecule has 0 radical (unpaired) electrons. The number of carbonyl (C=O) groups is 1. The number of nitrogens with one attached hydrogen (secondary N) is 1. The molecule has 1 heterocycles. The molecule has 1 N–H and O–H groups in total. The fourth-order valence-corrected chi connectivity index (χ4v) is 3.97. The lowest BCUT2D eigenvalue weighted by atomic mass is 9.93. The second kappa shape index (κ2) is 9.26. The maximum absolute atomic E-state index is 12.1. The highest BCUT2D eigenvalue weighted by Crippen LogP contribution is 2.23. The molecule has 0 saturated carbocycles. The first-order valence-electron chi connectivity index (χ1n) is 8.99. The molecular formula is C20H29N3OS. The van der Waals surface area contributed by atoms with E-state index in [0.29, 0.717) is 17.9 Å². The van der Waals surface area contributed by atoms with Crippen LogP contribution in [0.4, 0.5) is 0 Å². The van der Waals surface area contributed by atoms with Crippen molar-refractivity contribution in [1.29, 1.82) is 5.26 Å². The van der Waals surface area contributed by atoms with Gasteiger partial charge in [-0.1, -0.05) is 19.1 Å². The van der Waals surface area contributed by atoms with Crippen molar-refractivity contribution in [2.24, 2.45) is 5.92 Å². The Bertz CT molecular complexity index is 606. The highest BCUT2D eigenvalue weighted by Gasteiger charge is 2.30. The van der Waals surface area contributed by atoms with E-state index < -0.39 is 0 Å². The molecule has 1 amide bonds. The van der Waals surface area contributed by atoms with Crippen molar-refractivity contribution in [3.63, 3.8) is 0 Å². The number of nitriles is 1. The summed E-state index contributed by atoms with van der Waals surface area (Å²) in [6.45, 7) is 9.68. The molecule has 1 aliphatic rings. The van der Waals surface area contributed by atoms with Gasteiger partial charge in [0.15, 0.2) is 0 Å². The minimum Gasteiger partial charge on any atom is -0.354 e. The molecule has 1 unspecified atom stereocenters. The van der Waals surface area contributed by atoms with Gasteiger partial charge >= 0.3 is 0 Å². The second-order valence-corrected chi connectivity index (χ2v) is 8.57. The molecule has 1 aliphatic heterocycles. The first-order valence-corrected chi connectivity index (χ1v) is 10.1. The Balaban J connectivity index is 1.70. The molecule has 1 atom stereocenters. The third-order valence-electron chi connectivity index (χ3n) is 4.82. The Kier molecular flexibility index (Phi) is 7.34. The lowest BCUT2D eigenvalue weighted by Gasteiger charge is -2.43. The van der Waals surface area contributed by atoms with Gasteiger partial charge in [-0.05, 0) is 56.8 Å². The fourth-order valence-electron chi connectivity index (χ4n) is 3.15. The van der Waals surface area contributed by atoms with E-state index in [4.69, 9.17) is 5.26 Å². The van der Waals surface area contributed by atoms with Crippen LogP contribution >= 0.6 is 11.8 Å². The predicted octanol–water partition coefficient (Wildman–Crippen LogP) is 3.42. The van der Waals surface area contributed by atoms with Crippen molar-refractivity contribution in [3.8, 4) is 6.07 Å². The number of benzene rings is 1. The maximum Gasteiger partial charge on any atom is 0.230 e. The van der Waals surface area contributed by atoms with E-state index in [9.17, 15) is 4.79 Å². The number of hydrogen-bond donors (Lipinski definition) is 1. The van der Waals surface area contributed by atoms with Crippen LogP contribution < -0.4 is 5.32 Å². The van der Waals surface area contributed by atoms with Gasteiger partial charge in [0.25, 0.3) is 0 Å². The topological polar surface area (TPSA) is 56.1 Å². The number of rotatable bonds is 7. The number of amides is 1. The van der Waals surface area contributed by atoms with Crippen LogP contribution in [0.3, 0.4) is 0 Å². The molecule has 0 bridgehead atoms. The van der Waals surface area contributed by atoms with Gasteiger partial charge in [0.2, 0.25) is 5.91 Å². The summed E-state index contributed by atoms with van der Waals surface area (Å²) in [5.41, 5.74) is 1.81. The first-order chi connectivity index (χ1) is 11.9. The van der Waals surface area contributed by atoms with E-state index in [0.717, 1.165) is 30.3 Å². The zero-order valence-electron chi connectivity index (χ0n) is 15.5. The number of thioether (sulfide) groups is 1. The van der Waals surface area contributed by atoms with E-state index in [1.807, 2.05) is 24.3 Å². The van der Waals surface area contributed by atoms with Crippen molar-refractivity contribution < 1.29 is 4.79 Å². The van der Waals surface area contributed by atoms with Gasteiger partial charge in [-0.3, -0.25) is 9.69 Å². The summed E-state index contributed by atoms with van der Waals surface area (Å²) in [5.74, 6) is 2.09. The summed E-state index contributed by atoms with van der Waals surface area (Å²) in [5, 5.41) is 11.9. The monoisotopic (exact) mass is 359 g/mol. The molecule has 0 spiro atoms.